The minimum absolute atomic E-state index is 0.0135. The first kappa shape index (κ1) is 18.4. The second kappa shape index (κ2) is 7.62. The molecule has 1 aliphatic carbocycles. The second-order valence-corrected chi connectivity index (χ2v) is 8.35. The van der Waals surface area contributed by atoms with E-state index < -0.39 is 0 Å². The Labute approximate surface area is 171 Å². The van der Waals surface area contributed by atoms with E-state index in [2.05, 4.69) is 27.3 Å². The monoisotopic (exact) mass is 410 g/mol. The SMILES string of the molecule is CCCCCn1c(=O)c2ccccc2n2c(SCc3noc(C4CC4)n3)nnc12. The number of thioether (sulfide) groups is 1. The van der Waals surface area contributed by atoms with E-state index in [1.54, 1.807) is 4.57 Å². The summed E-state index contributed by atoms with van der Waals surface area (Å²) >= 11 is 1.50. The van der Waals surface area contributed by atoms with E-state index in [1.807, 2.05) is 28.7 Å². The molecule has 29 heavy (non-hydrogen) atoms. The zero-order valence-corrected chi connectivity index (χ0v) is 17.1. The normalized spacial score (nSPS) is 14.2. The summed E-state index contributed by atoms with van der Waals surface area (Å²) in [6.07, 6.45) is 5.37. The Morgan fingerprint density at radius 3 is 2.90 bits per heavy atom. The van der Waals surface area contributed by atoms with Crippen LogP contribution >= 0.6 is 11.8 Å². The van der Waals surface area contributed by atoms with Gasteiger partial charge in [0.15, 0.2) is 11.0 Å². The van der Waals surface area contributed by atoms with Crippen LogP contribution in [0.1, 0.15) is 56.7 Å². The number of unbranched alkanes of at least 4 members (excludes halogenated alkanes) is 2. The molecule has 1 fully saturated rings. The van der Waals surface area contributed by atoms with E-state index in [9.17, 15) is 4.79 Å². The first-order valence-electron chi connectivity index (χ1n) is 10.1. The van der Waals surface area contributed by atoms with Crippen LogP contribution in [-0.4, -0.2) is 29.3 Å². The molecular weight excluding hydrogens is 388 g/mol. The highest BCUT2D eigenvalue weighted by Gasteiger charge is 2.29. The third-order valence-corrected chi connectivity index (χ3v) is 6.13. The van der Waals surface area contributed by atoms with Gasteiger partial charge in [0.25, 0.3) is 5.56 Å². The summed E-state index contributed by atoms with van der Waals surface area (Å²) in [7, 11) is 0. The third kappa shape index (κ3) is 3.43. The van der Waals surface area contributed by atoms with Crippen molar-refractivity contribution >= 4 is 28.4 Å². The Morgan fingerprint density at radius 1 is 1.21 bits per heavy atom. The van der Waals surface area contributed by atoms with E-state index in [0.29, 0.717) is 35.2 Å². The van der Waals surface area contributed by atoms with E-state index in [1.165, 1.54) is 11.8 Å². The van der Waals surface area contributed by atoms with Gasteiger partial charge in [0.05, 0.1) is 16.7 Å². The predicted octanol–water partition coefficient (Wildman–Crippen LogP) is 3.79. The van der Waals surface area contributed by atoms with E-state index in [4.69, 9.17) is 4.52 Å². The summed E-state index contributed by atoms with van der Waals surface area (Å²) in [5, 5.41) is 14.2. The quantitative estimate of drug-likeness (QED) is 0.322. The van der Waals surface area contributed by atoms with Gasteiger partial charge in [0.2, 0.25) is 11.7 Å². The largest absolute Gasteiger partial charge is 0.339 e. The Balaban J connectivity index is 1.52. The Kier molecular flexibility index (Phi) is 4.83. The topological polar surface area (TPSA) is 91.1 Å². The van der Waals surface area contributed by atoms with Crippen molar-refractivity contribution in [2.24, 2.45) is 0 Å². The van der Waals surface area contributed by atoms with Gasteiger partial charge in [-0.05, 0) is 31.4 Å². The zero-order valence-electron chi connectivity index (χ0n) is 16.2. The summed E-state index contributed by atoms with van der Waals surface area (Å²) < 4.78 is 9.06. The predicted molar refractivity (Wildman–Crippen MR) is 110 cm³/mol. The average molecular weight is 411 g/mol. The van der Waals surface area contributed by atoms with Gasteiger partial charge < -0.3 is 4.52 Å². The Bertz CT molecular complexity index is 1220. The van der Waals surface area contributed by atoms with Gasteiger partial charge in [0.1, 0.15) is 0 Å². The number of hydrogen-bond acceptors (Lipinski definition) is 7. The molecule has 0 spiro atoms. The van der Waals surface area contributed by atoms with Crippen molar-refractivity contribution in [3.8, 4) is 0 Å². The summed E-state index contributed by atoms with van der Waals surface area (Å²) in [6.45, 7) is 2.79. The molecular formula is C20H22N6O2S. The molecule has 3 heterocycles. The van der Waals surface area contributed by atoms with Crippen molar-refractivity contribution in [2.45, 2.75) is 62.4 Å². The molecule has 0 radical (unpaired) electrons. The number of nitrogens with zero attached hydrogens (tertiary/aromatic N) is 6. The number of para-hydroxylation sites is 1. The van der Waals surface area contributed by atoms with Crippen molar-refractivity contribution in [3.05, 3.63) is 46.3 Å². The van der Waals surface area contributed by atoms with Gasteiger partial charge >= 0.3 is 0 Å². The number of aryl methyl sites for hydroxylation is 1. The van der Waals surface area contributed by atoms with E-state index in [-0.39, 0.29) is 5.56 Å². The van der Waals surface area contributed by atoms with Gasteiger partial charge in [0, 0.05) is 12.5 Å². The maximum absolute atomic E-state index is 13.0. The Hall–Kier alpha value is -2.68. The van der Waals surface area contributed by atoms with E-state index in [0.717, 1.165) is 48.7 Å². The summed E-state index contributed by atoms with van der Waals surface area (Å²) in [5.74, 6) is 2.97. The molecule has 1 saturated carbocycles. The van der Waals surface area contributed by atoms with Crippen LogP contribution in [0.2, 0.25) is 0 Å². The van der Waals surface area contributed by atoms with Crippen molar-refractivity contribution < 1.29 is 4.52 Å². The van der Waals surface area contributed by atoms with Crippen LogP contribution in [-0.2, 0) is 12.3 Å². The zero-order chi connectivity index (χ0) is 19.8. The summed E-state index contributed by atoms with van der Waals surface area (Å²) in [5.41, 5.74) is 0.805. The molecule has 0 saturated heterocycles. The molecule has 0 N–H and O–H groups in total. The smallest absolute Gasteiger partial charge is 0.262 e. The molecule has 1 aliphatic rings. The molecule has 4 aromatic rings. The summed E-state index contributed by atoms with van der Waals surface area (Å²) in [6, 6.07) is 7.62. The molecule has 1 aromatic carbocycles. The number of aromatic nitrogens is 6. The average Bonchev–Trinajstić information content (AvgIpc) is 3.33. The number of benzene rings is 1. The lowest BCUT2D eigenvalue weighted by Gasteiger charge is -2.10. The first-order chi connectivity index (χ1) is 14.3. The second-order valence-electron chi connectivity index (χ2n) is 7.41. The van der Waals surface area contributed by atoms with Crippen molar-refractivity contribution in [1.29, 1.82) is 0 Å². The van der Waals surface area contributed by atoms with Gasteiger partial charge in [-0.15, -0.1) is 10.2 Å². The Morgan fingerprint density at radius 2 is 2.07 bits per heavy atom. The minimum atomic E-state index is -0.0135. The fourth-order valence-corrected chi connectivity index (χ4v) is 4.28. The highest BCUT2D eigenvalue weighted by molar-refractivity contribution is 7.98. The molecule has 0 amide bonds. The number of fused-ring (bicyclic) bond motifs is 3. The lowest BCUT2D eigenvalue weighted by molar-refractivity contribution is 0.375. The van der Waals surface area contributed by atoms with Gasteiger partial charge in [-0.25, -0.2) is 0 Å². The number of rotatable bonds is 8. The standard InChI is InChI=1S/C20H22N6O2S/c1-2-3-6-11-25-18(27)14-7-4-5-8-15(14)26-19(25)22-23-20(26)29-12-16-21-17(28-24-16)13-9-10-13/h4-5,7-8,13H,2-3,6,9-12H2,1H3. The highest BCUT2D eigenvalue weighted by atomic mass is 32.2. The molecule has 9 heteroatoms. The van der Waals surface area contributed by atoms with Crippen LogP contribution in [0.5, 0.6) is 0 Å². The maximum Gasteiger partial charge on any atom is 0.262 e. The fourth-order valence-electron chi connectivity index (χ4n) is 3.50. The minimum Gasteiger partial charge on any atom is -0.339 e. The van der Waals surface area contributed by atoms with Gasteiger partial charge in [-0.1, -0.05) is 48.8 Å². The molecule has 0 unspecified atom stereocenters. The van der Waals surface area contributed by atoms with Crippen LogP contribution in [0.3, 0.4) is 0 Å². The van der Waals surface area contributed by atoms with Crippen molar-refractivity contribution in [2.75, 3.05) is 0 Å². The molecule has 5 rings (SSSR count). The van der Waals surface area contributed by atoms with Crippen LogP contribution in [0.15, 0.2) is 38.7 Å². The number of hydrogen-bond donors (Lipinski definition) is 0. The molecule has 3 aromatic heterocycles. The van der Waals surface area contributed by atoms with Crippen LogP contribution in [0, 0.1) is 0 Å². The first-order valence-corrected chi connectivity index (χ1v) is 11.1. The lowest BCUT2D eigenvalue weighted by Crippen LogP contribution is -2.23. The highest BCUT2D eigenvalue weighted by Crippen LogP contribution is 2.39. The summed E-state index contributed by atoms with van der Waals surface area (Å²) in [4.78, 5) is 17.5. The van der Waals surface area contributed by atoms with Gasteiger partial charge in [-0.3, -0.25) is 13.8 Å². The van der Waals surface area contributed by atoms with E-state index >= 15 is 0 Å². The van der Waals surface area contributed by atoms with Crippen LogP contribution < -0.4 is 5.56 Å². The van der Waals surface area contributed by atoms with Crippen LogP contribution in [0.25, 0.3) is 16.7 Å². The maximum atomic E-state index is 13.0. The third-order valence-electron chi connectivity index (χ3n) is 5.20. The fraction of sp³-hybridized carbons (Fsp3) is 0.450. The molecule has 0 atom stereocenters. The van der Waals surface area contributed by atoms with Crippen molar-refractivity contribution in [1.82, 2.24) is 29.3 Å². The van der Waals surface area contributed by atoms with Crippen molar-refractivity contribution in [3.63, 3.8) is 0 Å². The molecule has 0 aliphatic heterocycles. The molecule has 8 nitrogen and oxygen atoms in total. The lowest BCUT2D eigenvalue weighted by atomic mass is 10.2. The molecule has 0 bridgehead atoms. The van der Waals surface area contributed by atoms with Crippen LogP contribution in [0.4, 0.5) is 0 Å². The molecule has 150 valence electrons. The van der Waals surface area contributed by atoms with Gasteiger partial charge in [-0.2, -0.15) is 4.98 Å².